The molecule has 0 amide bonds. The Hall–Kier alpha value is -2.56. The summed E-state index contributed by atoms with van der Waals surface area (Å²) in [7, 11) is 0. The van der Waals surface area contributed by atoms with Crippen molar-refractivity contribution < 1.29 is 9.84 Å². The summed E-state index contributed by atoms with van der Waals surface area (Å²) >= 11 is 12.6. The van der Waals surface area contributed by atoms with E-state index in [1.165, 1.54) is 0 Å². The Morgan fingerprint density at radius 2 is 1.48 bits per heavy atom. The lowest BCUT2D eigenvalue weighted by Crippen LogP contribution is -2.21. The van der Waals surface area contributed by atoms with Gasteiger partial charge in [0.25, 0.3) is 0 Å². The fraction of sp³-hybridized carbons (Fsp3) is 0.154. The van der Waals surface area contributed by atoms with Crippen LogP contribution in [0.5, 0.6) is 5.75 Å². The lowest BCUT2D eigenvalue weighted by atomic mass is 10.0. The zero-order valence-electron chi connectivity index (χ0n) is 16.9. The highest BCUT2D eigenvalue weighted by molar-refractivity contribution is 6.35. The first-order valence-electron chi connectivity index (χ1n) is 10.1. The molecule has 0 saturated heterocycles. The van der Waals surface area contributed by atoms with Gasteiger partial charge in [-0.15, -0.1) is 0 Å². The number of rotatable bonds is 8. The third-order valence-electron chi connectivity index (χ3n) is 5.26. The molecule has 0 aliphatic heterocycles. The summed E-state index contributed by atoms with van der Waals surface area (Å²) < 4.78 is 6.16. The molecule has 158 valence electrons. The Kier molecular flexibility index (Phi) is 7.10. The zero-order chi connectivity index (χ0) is 21.6. The number of aliphatic hydroxyl groups is 1. The Morgan fingerprint density at radius 1 is 0.774 bits per heavy atom. The van der Waals surface area contributed by atoms with Gasteiger partial charge in [-0.05, 0) is 34.5 Å². The third-order valence-corrected chi connectivity index (χ3v) is 5.96. The summed E-state index contributed by atoms with van der Waals surface area (Å²) in [4.78, 5) is 0. The van der Waals surface area contributed by atoms with Gasteiger partial charge in [0.2, 0.25) is 0 Å². The minimum atomic E-state index is -0.581. The van der Waals surface area contributed by atoms with Gasteiger partial charge in [-0.2, -0.15) is 0 Å². The fourth-order valence-electron chi connectivity index (χ4n) is 3.58. The lowest BCUT2D eigenvalue weighted by molar-refractivity contribution is 0.174. The molecule has 0 aliphatic rings. The van der Waals surface area contributed by atoms with E-state index in [9.17, 15) is 5.11 Å². The second-order valence-corrected chi connectivity index (χ2v) is 8.12. The van der Waals surface area contributed by atoms with Gasteiger partial charge >= 0.3 is 0 Å². The van der Waals surface area contributed by atoms with Crippen LogP contribution in [0.2, 0.25) is 10.0 Å². The molecule has 2 N–H and O–H groups in total. The Labute approximate surface area is 192 Å². The summed E-state index contributed by atoms with van der Waals surface area (Å²) in [5, 5.41) is 17.2. The van der Waals surface area contributed by atoms with E-state index in [4.69, 9.17) is 27.9 Å². The molecule has 4 aromatic carbocycles. The maximum atomic E-state index is 10.5. The number of ether oxygens (including phenoxy) is 1. The van der Waals surface area contributed by atoms with E-state index in [0.29, 0.717) is 23.1 Å². The van der Waals surface area contributed by atoms with E-state index < -0.39 is 6.10 Å². The number of benzene rings is 4. The first-order valence-corrected chi connectivity index (χ1v) is 10.9. The smallest absolute Gasteiger partial charge is 0.124 e. The normalized spacial score (nSPS) is 12.1. The monoisotopic (exact) mass is 451 g/mol. The van der Waals surface area contributed by atoms with Gasteiger partial charge in [-0.3, -0.25) is 0 Å². The standard InChI is InChI=1S/C26H23Cl2NO2/c27-23-11-6-12-24(28)22(23)17-31-26-14-13-18-7-4-5-10-20(18)21(26)15-29-16-25(30)19-8-2-1-3-9-19/h1-14,25,29-30H,15-17H2/t25-/m0/s1. The molecule has 3 nitrogen and oxygen atoms in total. The molecule has 0 bridgehead atoms. The molecule has 1 atom stereocenters. The second-order valence-electron chi connectivity index (χ2n) is 7.31. The number of nitrogens with one attached hydrogen (secondary N) is 1. The first-order chi connectivity index (χ1) is 15.1. The van der Waals surface area contributed by atoms with Crippen LogP contribution < -0.4 is 10.1 Å². The molecule has 5 heteroatoms. The molecule has 4 aromatic rings. The summed E-state index contributed by atoms with van der Waals surface area (Å²) in [5.41, 5.74) is 2.68. The van der Waals surface area contributed by atoms with E-state index >= 15 is 0 Å². The van der Waals surface area contributed by atoms with Crippen molar-refractivity contribution in [2.75, 3.05) is 6.54 Å². The van der Waals surface area contributed by atoms with Gasteiger partial charge in [0, 0.05) is 34.3 Å². The Balaban J connectivity index is 1.54. The maximum Gasteiger partial charge on any atom is 0.124 e. The van der Waals surface area contributed by atoms with Crippen molar-refractivity contribution in [1.82, 2.24) is 5.32 Å². The second kappa shape index (κ2) is 10.2. The average molecular weight is 452 g/mol. The highest BCUT2D eigenvalue weighted by atomic mass is 35.5. The molecule has 0 unspecified atom stereocenters. The van der Waals surface area contributed by atoms with Crippen LogP contribution in [0.3, 0.4) is 0 Å². The minimum absolute atomic E-state index is 0.274. The van der Waals surface area contributed by atoms with Gasteiger partial charge in [0.1, 0.15) is 12.4 Å². The van der Waals surface area contributed by atoms with Gasteiger partial charge < -0.3 is 15.2 Å². The number of halogens is 2. The zero-order valence-corrected chi connectivity index (χ0v) is 18.4. The fourth-order valence-corrected chi connectivity index (χ4v) is 4.09. The average Bonchev–Trinajstić information content (AvgIpc) is 2.80. The van der Waals surface area contributed by atoms with Crippen LogP contribution in [0.4, 0.5) is 0 Å². The van der Waals surface area contributed by atoms with Crippen LogP contribution >= 0.6 is 23.2 Å². The van der Waals surface area contributed by atoms with Crippen LogP contribution in [-0.2, 0) is 13.2 Å². The third kappa shape index (κ3) is 5.20. The molecular formula is C26H23Cl2NO2. The van der Waals surface area contributed by atoms with E-state index in [-0.39, 0.29) is 6.61 Å². The highest BCUT2D eigenvalue weighted by Gasteiger charge is 2.13. The number of hydrogen-bond acceptors (Lipinski definition) is 3. The van der Waals surface area contributed by atoms with Crippen LogP contribution in [-0.4, -0.2) is 11.7 Å². The predicted molar refractivity (Wildman–Crippen MR) is 128 cm³/mol. The largest absolute Gasteiger partial charge is 0.488 e. The summed E-state index contributed by atoms with van der Waals surface area (Å²) in [6.07, 6.45) is -0.581. The number of aliphatic hydroxyl groups excluding tert-OH is 1. The van der Waals surface area contributed by atoms with E-state index in [0.717, 1.165) is 33.2 Å². The summed E-state index contributed by atoms with van der Waals surface area (Å²) in [6, 6.07) is 27.3. The van der Waals surface area contributed by atoms with Crippen molar-refractivity contribution in [3.05, 3.63) is 112 Å². The Bertz CT molecular complexity index is 1140. The van der Waals surface area contributed by atoms with Crippen LogP contribution in [0.25, 0.3) is 10.8 Å². The highest BCUT2D eigenvalue weighted by Crippen LogP contribution is 2.31. The molecule has 0 aliphatic carbocycles. The Morgan fingerprint density at radius 3 is 2.26 bits per heavy atom. The molecule has 0 saturated carbocycles. The topological polar surface area (TPSA) is 41.5 Å². The van der Waals surface area contributed by atoms with Gasteiger partial charge in [0.15, 0.2) is 0 Å². The molecule has 0 spiro atoms. The van der Waals surface area contributed by atoms with Crippen molar-refractivity contribution in [2.45, 2.75) is 19.3 Å². The van der Waals surface area contributed by atoms with E-state index in [1.54, 1.807) is 12.1 Å². The first kappa shape index (κ1) is 21.7. The van der Waals surface area contributed by atoms with Gasteiger partial charge in [0.05, 0.1) is 6.10 Å². The van der Waals surface area contributed by atoms with Crippen molar-refractivity contribution in [2.24, 2.45) is 0 Å². The van der Waals surface area contributed by atoms with E-state index in [1.807, 2.05) is 60.7 Å². The van der Waals surface area contributed by atoms with Crippen molar-refractivity contribution in [1.29, 1.82) is 0 Å². The lowest BCUT2D eigenvalue weighted by Gasteiger charge is -2.17. The quantitative estimate of drug-likeness (QED) is 0.319. The predicted octanol–water partition coefficient (Wildman–Crippen LogP) is 6.55. The van der Waals surface area contributed by atoms with E-state index in [2.05, 4.69) is 17.4 Å². The minimum Gasteiger partial charge on any atom is -0.488 e. The molecule has 0 aromatic heterocycles. The summed E-state index contributed by atoms with van der Waals surface area (Å²) in [6.45, 7) is 1.26. The molecule has 4 rings (SSSR count). The number of hydrogen-bond donors (Lipinski definition) is 2. The van der Waals surface area contributed by atoms with Crippen LogP contribution in [0.15, 0.2) is 84.9 Å². The molecule has 31 heavy (non-hydrogen) atoms. The molecule has 0 heterocycles. The maximum absolute atomic E-state index is 10.5. The van der Waals surface area contributed by atoms with Gasteiger partial charge in [-0.1, -0.05) is 89.9 Å². The van der Waals surface area contributed by atoms with Crippen molar-refractivity contribution in [3.8, 4) is 5.75 Å². The van der Waals surface area contributed by atoms with Crippen molar-refractivity contribution >= 4 is 34.0 Å². The molecule has 0 fully saturated rings. The molecular weight excluding hydrogens is 429 g/mol. The molecule has 0 radical (unpaired) electrons. The van der Waals surface area contributed by atoms with Gasteiger partial charge in [-0.25, -0.2) is 0 Å². The SMILES string of the molecule is O[C@@H](CNCc1c(OCc2c(Cl)cccc2Cl)ccc2ccccc12)c1ccccc1. The van der Waals surface area contributed by atoms with Crippen molar-refractivity contribution in [3.63, 3.8) is 0 Å². The van der Waals surface area contributed by atoms with Crippen LogP contribution in [0.1, 0.15) is 22.8 Å². The van der Waals surface area contributed by atoms with Crippen LogP contribution in [0, 0.1) is 0 Å². The summed E-state index contributed by atoms with van der Waals surface area (Å²) in [5.74, 6) is 0.761. The number of fused-ring (bicyclic) bond motifs is 1.